The summed E-state index contributed by atoms with van der Waals surface area (Å²) in [4.78, 5) is 33.0. The van der Waals surface area contributed by atoms with E-state index in [1.165, 1.54) is 11.3 Å². The van der Waals surface area contributed by atoms with Gasteiger partial charge in [0.05, 0.1) is 23.5 Å². The number of aliphatic carboxylic acids is 1. The van der Waals surface area contributed by atoms with Crippen molar-refractivity contribution in [3.8, 4) is 0 Å². The second-order valence-corrected chi connectivity index (χ2v) is 5.92. The highest BCUT2D eigenvalue weighted by Gasteiger charge is 2.17. The first kappa shape index (κ1) is 16.1. The molecule has 0 spiro atoms. The van der Waals surface area contributed by atoms with Gasteiger partial charge in [0.2, 0.25) is 5.91 Å². The van der Waals surface area contributed by atoms with Gasteiger partial charge < -0.3 is 10.0 Å². The minimum atomic E-state index is -0.923. The molecule has 6 nitrogen and oxygen atoms in total. The van der Waals surface area contributed by atoms with Crippen molar-refractivity contribution in [2.45, 2.75) is 26.3 Å². The summed E-state index contributed by atoms with van der Waals surface area (Å²) < 4.78 is 0. The number of amides is 1. The Bertz CT molecular complexity index is 642. The van der Waals surface area contributed by atoms with E-state index < -0.39 is 5.97 Å². The average Bonchev–Trinajstić information content (AvgIpc) is 2.89. The van der Waals surface area contributed by atoms with E-state index >= 15 is 0 Å². The van der Waals surface area contributed by atoms with Crippen LogP contribution in [0.25, 0.3) is 0 Å². The lowest BCUT2D eigenvalue weighted by atomic mass is 10.2. The van der Waals surface area contributed by atoms with Gasteiger partial charge in [0.15, 0.2) is 0 Å². The molecule has 1 amide bonds. The predicted molar refractivity (Wildman–Crippen MR) is 82.5 cm³/mol. The topological polar surface area (TPSA) is 83.4 Å². The average molecular weight is 319 g/mol. The Hall–Kier alpha value is -2.28. The number of carboxylic acid groups (broad SMARTS) is 1. The highest BCUT2D eigenvalue weighted by Crippen LogP contribution is 2.11. The molecule has 0 saturated carbocycles. The summed E-state index contributed by atoms with van der Waals surface area (Å²) in [5.41, 5.74) is 1.59. The van der Waals surface area contributed by atoms with Crippen molar-refractivity contribution in [3.63, 3.8) is 0 Å². The predicted octanol–water partition coefficient (Wildman–Crippen LogP) is 1.89. The number of carbonyl (C=O) groups excluding carboxylic acids is 1. The fourth-order valence-corrected chi connectivity index (χ4v) is 2.60. The van der Waals surface area contributed by atoms with E-state index in [0.717, 1.165) is 16.3 Å². The molecule has 0 aromatic carbocycles. The van der Waals surface area contributed by atoms with Gasteiger partial charge in [-0.15, -0.1) is 11.3 Å². The third-order valence-electron chi connectivity index (χ3n) is 3.04. The lowest BCUT2D eigenvalue weighted by molar-refractivity contribution is -0.138. The van der Waals surface area contributed by atoms with Gasteiger partial charge in [-0.25, -0.2) is 4.98 Å². The molecule has 7 heteroatoms. The summed E-state index contributed by atoms with van der Waals surface area (Å²) in [5.74, 6) is -1.05. The van der Waals surface area contributed by atoms with Crippen LogP contribution in [0.4, 0.5) is 0 Å². The quantitative estimate of drug-likeness (QED) is 0.842. The number of aromatic nitrogens is 2. The van der Waals surface area contributed by atoms with Gasteiger partial charge in [0, 0.05) is 30.9 Å². The number of thiazole rings is 1. The monoisotopic (exact) mass is 319 g/mol. The normalized spacial score (nSPS) is 10.4. The highest BCUT2D eigenvalue weighted by atomic mass is 32.1. The lowest BCUT2D eigenvalue weighted by Crippen LogP contribution is -2.33. The number of pyridine rings is 1. The summed E-state index contributed by atoms with van der Waals surface area (Å²) in [5, 5.41) is 11.6. The Balaban J connectivity index is 2.05. The van der Waals surface area contributed by atoms with Crippen LogP contribution in [0.3, 0.4) is 0 Å². The van der Waals surface area contributed by atoms with Gasteiger partial charge >= 0.3 is 5.97 Å². The molecule has 0 radical (unpaired) electrons. The Morgan fingerprint density at radius 3 is 2.82 bits per heavy atom. The molecule has 0 aliphatic heterocycles. The van der Waals surface area contributed by atoms with Gasteiger partial charge in [-0.2, -0.15) is 0 Å². The maximum atomic E-state index is 12.4. The van der Waals surface area contributed by atoms with E-state index in [1.807, 2.05) is 18.4 Å². The zero-order valence-corrected chi connectivity index (χ0v) is 13.0. The number of hydrogen-bond acceptors (Lipinski definition) is 5. The number of nitrogens with zero attached hydrogens (tertiary/aromatic N) is 3. The van der Waals surface area contributed by atoms with E-state index in [0.29, 0.717) is 6.54 Å². The second kappa shape index (κ2) is 7.65. The van der Waals surface area contributed by atoms with Crippen LogP contribution in [-0.2, 0) is 22.6 Å². The van der Waals surface area contributed by atoms with Crippen LogP contribution < -0.4 is 0 Å². The molecular formula is C15H17N3O3S. The first-order chi connectivity index (χ1) is 10.5. The molecule has 2 aromatic rings. The molecule has 0 saturated heterocycles. The Kier molecular flexibility index (Phi) is 5.60. The number of carboxylic acids is 1. The van der Waals surface area contributed by atoms with Crippen molar-refractivity contribution in [2.24, 2.45) is 0 Å². The standard InChI is InChI=1S/C15H17N3O3S/c1-11-17-13(10-22-11)7-14(19)18(6-4-15(20)21)9-12-3-2-5-16-8-12/h2-3,5,8,10H,4,6-7,9H2,1H3,(H,20,21). The van der Waals surface area contributed by atoms with Crippen molar-refractivity contribution in [1.82, 2.24) is 14.9 Å². The second-order valence-electron chi connectivity index (χ2n) is 4.85. The number of carbonyl (C=O) groups is 2. The zero-order valence-electron chi connectivity index (χ0n) is 12.2. The maximum absolute atomic E-state index is 12.4. The van der Waals surface area contributed by atoms with Crippen LogP contribution in [0.5, 0.6) is 0 Å². The Morgan fingerprint density at radius 2 is 2.23 bits per heavy atom. The Morgan fingerprint density at radius 1 is 1.41 bits per heavy atom. The van der Waals surface area contributed by atoms with Gasteiger partial charge in [-0.1, -0.05) is 6.07 Å². The summed E-state index contributed by atoms with van der Waals surface area (Å²) in [6.45, 7) is 2.41. The van der Waals surface area contributed by atoms with E-state index in [9.17, 15) is 9.59 Å². The van der Waals surface area contributed by atoms with Crippen molar-refractivity contribution < 1.29 is 14.7 Å². The van der Waals surface area contributed by atoms with E-state index in [1.54, 1.807) is 23.4 Å². The van der Waals surface area contributed by atoms with Gasteiger partial charge in [0.1, 0.15) is 0 Å². The third kappa shape index (κ3) is 4.92. The first-order valence-corrected chi connectivity index (χ1v) is 7.72. The van der Waals surface area contributed by atoms with Crippen LogP contribution >= 0.6 is 11.3 Å². The summed E-state index contributed by atoms with van der Waals surface area (Å²) in [6, 6.07) is 3.65. The molecule has 22 heavy (non-hydrogen) atoms. The molecule has 1 N–H and O–H groups in total. The smallest absolute Gasteiger partial charge is 0.305 e. The van der Waals surface area contributed by atoms with Crippen molar-refractivity contribution in [2.75, 3.05) is 6.54 Å². The molecule has 0 bridgehead atoms. The van der Waals surface area contributed by atoms with Crippen molar-refractivity contribution in [1.29, 1.82) is 0 Å². The Labute approximate surface area is 132 Å². The van der Waals surface area contributed by atoms with Gasteiger partial charge in [0.25, 0.3) is 0 Å². The first-order valence-electron chi connectivity index (χ1n) is 6.84. The van der Waals surface area contributed by atoms with E-state index in [-0.39, 0.29) is 25.3 Å². The zero-order chi connectivity index (χ0) is 15.9. The fraction of sp³-hybridized carbons (Fsp3) is 0.333. The molecule has 2 aromatic heterocycles. The van der Waals surface area contributed by atoms with E-state index in [4.69, 9.17) is 5.11 Å². The molecule has 0 aliphatic carbocycles. The molecular weight excluding hydrogens is 302 g/mol. The number of hydrogen-bond donors (Lipinski definition) is 1. The van der Waals surface area contributed by atoms with Crippen molar-refractivity contribution >= 4 is 23.2 Å². The lowest BCUT2D eigenvalue weighted by Gasteiger charge is -2.21. The molecule has 0 aliphatic rings. The molecule has 2 heterocycles. The minimum Gasteiger partial charge on any atom is -0.481 e. The molecule has 0 atom stereocenters. The fourth-order valence-electron chi connectivity index (χ4n) is 1.99. The van der Waals surface area contributed by atoms with Crippen LogP contribution in [0, 0.1) is 6.92 Å². The summed E-state index contributed by atoms with van der Waals surface area (Å²) >= 11 is 1.49. The van der Waals surface area contributed by atoms with E-state index in [2.05, 4.69) is 9.97 Å². The van der Waals surface area contributed by atoms with Gasteiger partial charge in [-0.3, -0.25) is 14.6 Å². The largest absolute Gasteiger partial charge is 0.481 e. The van der Waals surface area contributed by atoms with Crippen LogP contribution in [-0.4, -0.2) is 38.4 Å². The minimum absolute atomic E-state index is 0.0813. The van der Waals surface area contributed by atoms with Gasteiger partial charge in [-0.05, 0) is 18.6 Å². The number of aryl methyl sites for hydroxylation is 1. The molecule has 2 rings (SSSR count). The molecule has 0 fully saturated rings. The van der Waals surface area contributed by atoms with Crippen LogP contribution in [0.2, 0.25) is 0 Å². The molecule has 0 unspecified atom stereocenters. The van der Waals surface area contributed by atoms with Crippen LogP contribution in [0.1, 0.15) is 22.7 Å². The maximum Gasteiger partial charge on any atom is 0.305 e. The van der Waals surface area contributed by atoms with Crippen LogP contribution in [0.15, 0.2) is 29.9 Å². The molecule has 116 valence electrons. The summed E-state index contributed by atoms with van der Waals surface area (Å²) in [6.07, 6.45) is 3.44. The highest BCUT2D eigenvalue weighted by molar-refractivity contribution is 7.09. The SMILES string of the molecule is Cc1nc(CC(=O)N(CCC(=O)O)Cc2cccnc2)cs1. The number of rotatable bonds is 7. The third-order valence-corrected chi connectivity index (χ3v) is 3.87. The summed E-state index contributed by atoms with van der Waals surface area (Å²) in [7, 11) is 0. The van der Waals surface area contributed by atoms with Crippen molar-refractivity contribution in [3.05, 3.63) is 46.2 Å².